The van der Waals surface area contributed by atoms with Gasteiger partial charge in [-0.1, -0.05) is 35.9 Å². The van der Waals surface area contributed by atoms with Gasteiger partial charge in [0.05, 0.1) is 6.07 Å². The maximum absolute atomic E-state index is 9.42. The molecular weight excluding hydrogens is 300 g/mol. The zero-order valence-corrected chi connectivity index (χ0v) is 12.5. The summed E-state index contributed by atoms with van der Waals surface area (Å²) in [5.41, 5.74) is 4.24. The first-order valence-electron chi connectivity index (χ1n) is 6.09. The molecule has 0 aliphatic rings. The quantitative estimate of drug-likeness (QED) is 0.888. The Kier molecular flexibility index (Phi) is 4.24. The van der Waals surface area contributed by atoms with Gasteiger partial charge in [-0.25, -0.2) is 0 Å². The number of nitrogens with zero attached hydrogens (tertiary/aromatic N) is 1. The van der Waals surface area contributed by atoms with Crippen LogP contribution in [0.5, 0.6) is 0 Å². The first-order valence-corrected chi connectivity index (χ1v) is 6.89. The second-order valence-corrected chi connectivity index (χ2v) is 5.40. The highest BCUT2D eigenvalue weighted by atomic mass is 79.9. The Morgan fingerprint density at radius 2 is 1.89 bits per heavy atom. The second kappa shape index (κ2) is 5.90. The van der Waals surface area contributed by atoms with E-state index in [9.17, 15) is 5.26 Å². The summed E-state index contributed by atoms with van der Waals surface area (Å²) in [4.78, 5) is 0. The fourth-order valence-corrected chi connectivity index (χ4v) is 2.38. The number of benzene rings is 2. The number of rotatable bonds is 3. The molecule has 1 unspecified atom stereocenters. The van der Waals surface area contributed by atoms with E-state index in [4.69, 9.17) is 0 Å². The molecule has 0 aliphatic carbocycles. The molecule has 2 nitrogen and oxygen atoms in total. The van der Waals surface area contributed by atoms with Crippen LogP contribution in [0.15, 0.2) is 46.9 Å². The Morgan fingerprint density at radius 3 is 2.58 bits per heavy atom. The largest absolute Gasteiger partial charge is 0.365 e. The van der Waals surface area contributed by atoms with E-state index in [-0.39, 0.29) is 6.04 Å². The molecule has 1 N–H and O–H groups in total. The van der Waals surface area contributed by atoms with Crippen molar-refractivity contribution >= 4 is 21.6 Å². The lowest BCUT2D eigenvalue weighted by molar-refractivity contribution is 0.976. The maximum atomic E-state index is 9.42. The van der Waals surface area contributed by atoms with Crippen molar-refractivity contribution in [2.75, 3.05) is 5.32 Å². The van der Waals surface area contributed by atoms with Gasteiger partial charge >= 0.3 is 0 Å². The monoisotopic (exact) mass is 314 g/mol. The molecule has 0 saturated carbocycles. The Bertz CT molecular complexity index is 629. The smallest absolute Gasteiger partial charge is 0.140 e. The SMILES string of the molecule is Cc1ccc(C)c(C(C#N)Nc2ccccc2Br)c1. The van der Waals surface area contributed by atoms with E-state index in [1.807, 2.05) is 38.1 Å². The summed E-state index contributed by atoms with van der Waals surface area (Å²) in [5.74, 6) is 0. The van der Waals surface area contributed by atoms with Crippen LogP contribution in [0.25, 0.3) is 0 Å². The van der Waals surface area contributed by atoms with Crippen molar-refractivity contribution < 1.29 is 0 Å². The number of hydrogen-bond donors (Lipinski definition) is 1. The van der Waals surface area contributed by atoms with Crippen LogP contribution in [0.3, 0.4) is 0 Å². The molecule has 0 heterocycles. The Hall–Kier alpha value is -1.79. The summed E-state index contributed by atoms with van der Waals surface area (Å²) in [6, 6.07) is 16.0. The first kappa shape index (κ1) is 13.6. The van der Waals surface area contributed by atoms with Gasteiger partial charge in [-0.2, -0.15) is 5.26 Å². The lowest BCUT2D eigenvalue weighted by Crippen LogP contribution is -2.10. The fraction of sp³-hybridized carbons (Fsp3) is 0.188. The molecule has 0 aliphatic heterocycles. The maximum Gasteiger partial charge on any atom is 0.140 e. The summed E-state index contributed by atoms with van der Waals surface area (Å²) in [7, 11) is 0. The molecule has 3 heteroatoms. The minimum atomic E-state index is -0.349. The normalized spacial score (nSPS) is 11.7. The van der Waals surface area contributed by atoms with Crippen LogP contribution in [0, 0.1) is 25.2 Å². The summed E-state index contributed by atoms with van der Waals surface area (Å²) >= 11 is 3.49. The van der Waals surface area contributed by atoms with Crippen molar-refractivity contribution in [2.24, 2.45) is 0 Å². The number of halogens is 1. The van der Waals surface area contributed by atoms with Crippen molar-refractivity contribution in [3.05, 3.63) is 63.6 Å². The van der Waals surface area contributed by atoms with E-state index in [0.717, 1.165) is 26.9 Å². The standard InChI is InChI=1S/C16H15BrN2/c1-11-7-8-12(2)13(9-11)16(10-18)19-15-6-4-3-5-14(15)17/h3-9,16,19H,1-2H3. The van der Waals surface area contributed by atoms with Crippen molar-refractivity contribution in [3.8, 4) is 6.07 Å². The van der Waals surface area contributed by atoms with E-state index < -0.39 is 0 Å². The van der Waals surface area contributed by atoms with Gasteiger partial charge in [0.2, 0.25) is 0 Å². The van der Waals surface area contributed by atoms with E-state index in [2.05, 4.69) is 45.5 Å². The molecule has 0 radical (unpaired) electrons. The average molecular weight is 315 g/mol. The summed E-state index contributed by atoms with van der Waals surface area (Å²) in [5, 5.41) is 12.7. The van der Waals surface area contributed by atoms with Gasteiger partial charge < -0.3 is 5.32 Å². The topological polar surface area (TPSA) is 35.8 Å². The number of nitrogens with one attached hydrogen (secondary N) is 1. The van der Waals surface area contributed by atoms with Crippen molar-refractivity contribution in [1.29, 1.82) is 5.26 Å². The zero-order chi connectivity index (χ0) is 13.8. The Labute approximate surface area is 122 Å². The number of aryl methyl sites for hydroxylation is 2. The summed E-state index contributed by atoms with van der Waals surface area (Å²) in [6.07, 6.45) is 0. The van der Waals surface area contributed by atoms with E-state index in [1.54, 1.807) is 0 Å². The van der Waals surface area contributed by atoms with Crippen LogP contribution in [-0.4, -0.2) is 0 Å². The highest BCUT2D eigenvalue weighted by Gasteiger charge is 2.14. The van der Waals surface area contributed by atoms with Gasteiger partial charge in [0, 0.05) is 10.2 Å². The van der Waals surface area contributed by atoms with E-state index >= 15 is 0 Å². The summed E-state index contributed by atoms with van der Waals surface area (Å²) in [6.45, 7) is 4.07. The molecule has 0 fully saturated rings. The van der Waals surface area contributed by atoms with Gasteiger partial charge in [-0.05, 0) is 53.0 Å². The van der Waals surface area contributed by atoms with Gasteiger partial charge in [-0.3, -0.25) is 0 Å². The van der Waals surface area contributed by atoms with E-state index in [1.165, 1.54) is 0 Å². The lowest BCUT2D eigenvalue weighted by Gasteiger charge is -2.17. The van der Waals surface area contributed by atoms with Gasteiger partial charge in [-0.15, -0.1) is 0 Å². The first-order chi connectivity index (χ1) is 9.11. The Balaban J connectivity index is 2.34. The molecule has 2 rings (SSSR count). The predicted molar refractivity (Wildman–Crippen MR) is 82.0 cm³/mol. The van der Waals surface area contributed by atoms with Crippen LogP contribution in [-0.2, 0) is 0 Å². The number of anilines is 1. The van der Waals surface area contributed by atoms with Crippen LogP contribution in [0.2, 0.25) is 0 Å². The lowest BCUT2D eigenvalue weighted by atomic mass is 9.99. The predicted octanol–water partition coefficient (Wildman–Crippen LogP) is 4.74. The minimum Gasteiger partial charge on any atom is -0.365 e. The van der Waals surface area contributed by atoms with Crippen LogP contribution >= 0.6 is 15.9 Å². The van der Waals surface area contributed by atoms with Gasteiger partial charge in [0.1, 0.15) is 6.04 Å². The van der Waals surface area contributed by atoms with Crippen LogP contribution < -0.4 is 5.32 Å². The second-order valence-electron chi connectivity index (χ2n) is 4.55. The minimum absolute atomic E-state index is 0.349. The molecular formula is C16H15BrN2. The fourth-order valence-electron chi connectivity index (χ4n) is 1.98. The molecule has 2 aromatic rings. The highest BCUT2D eigenvalue weighted by Crippen LogP contribution is 2.27. The Morgan fingerprint density at radius 1 is 1.16 bits per heavy atom. The highest BCUT2D eigenvalue weighted by molar-refractivity contribution is 9.10. The molecule has 0 spiro atoms. The number of nitriles is 1. The van der Waals surface area contributed by atoms with Crippen LogP contribution in [0.4, 0.5) is 5.69 Å². The number of para-hydroxylation sites is 1. The molecule has 19 heavy (non-hydrogen) atoms. The van der Waals surface area contributed by atoms with Crippen molar-refractivity contribution in [3.63, 3.8) is 0 Å². The molecule has 0 bridgehead atoms. The van der Waals surface area contributed by atoms with Crippen LogP contribution in [0.1, 0.15) is 22.7 Å². The van der Waals surface area contributed by atoms with Gasteiger partial charge in [0.25, 0.3) is 0 Å². The molecule has 1 atom stereocenters. The van der Waals surface area contributed by atoms with E-state index in [0.29, 0.717) is 0 Å². The molecule has 0 saturated heterocycles. The molecule has 0 amide bonds. The average Bonchev–Trinajstić information content (AvgIpc) is 2.41. The van der Waals surface area contributed by atoms with Gasteiger partial charge in [0.15, 0.2) is 0 Å². The van der Waals surface area contributed by atoms with Crippen molar-refractivity contribution in [1.82, 2.24) is 0 Å². The zero-order valence-electron chi connectivity index (χ0n) is 10.9. The number of hydrogen-bond acceptors (Lipinski definition) is 2. The van der Waals surface area contributed by atoms with Crippen molar-refractivity contribution in [2.45, 2.75) is 19.9 Å². The molecule has 0 aromatic heterocycles. The summed E-state index contributed by atoms with van der Waals surface area (Å²) < 4.78 is 0.959. The molecule has 96 valence electrons. The third-order valence-electron chi connectivity index (χ3n) is 3.05. The molecule has 2 aromatic carbocycles. The third kappa shape index (κ3) is 3.15. The third-order valence-corrected chi connectivity index (χ3v) is 3.74.